The van der Waals surface area contributed by atoms with Gasteiger partial charge in [0.2, 0.25) is 0 Å². The van der Waals surface area contributed by atoms with Crippen molar-refractivity contribution < 1.29 is 9.84 Å². The molecule has 4 nitrogen and oxygen atoms in total. The molecule has 4 heteroatoms. The highest BCUT2D eigenvalue weighted by Gasteiger charge is 2.39. The maximum atomic E-state index is 9.72. The molecule has 0 aromatic heterocycles. The minimum absolute atomic E-state index is 0.0420. The number of nitrogens with zero attached hydrogens (tertiary/aromatic N) is 1. The average molecular weight is 272 g/mol. The molecule has 1 rings (SSSR count). The lowest BCUT2D eigenvalue weighted by Crippen LogP contribution is -2.48. The van der Waals surface area contributed by atoms with Gasteiger partial charge in [0.25, 0.3) is 0 Å². The smallest absolute Gasteiger partial charge is 0.0613 e. The second-order valence-electron chi connectivity index (χ2n) is 5.59. The second-order valence-corrected chi connectivity index (χ2v) is 5.59. The molecule has 19 heavy (non-hydrogen) atoms. The van der Waals surface area contributed by atoms with Crippen molar-refractivity contribution >= 4 is 0 Å². The van der Waals surface area contributed by atoms with Gasteiger partial charge in [0.15, 0.2) is 0 Å². The Bertz CT molecular complexity index is 238. The molecule has 0 saturated heterocycles. The molecule has 0 amide bonds. The minimum atomic E-state index is -0.0420. The number of ether oxygens (including phenoxy) is 1. The van der Waals surface area contributed by atoms with E-state index in [1.165, 1.54) is 6.42 Å². The Hall–Kier alpha value is -0.160. The lowest BCUT2D eigenvalue weighted by Gasteiger charge is -2.32. The fraction of sp³-hybridized carbons (Fsp3) is 1.00. The standard InChI is InChI=1S/C15H32N2O2/c1-4-9-16-15(13-18)8-7-14(12-15)17(5-2)10-11-19-6-3/h14,16,18H,4-13H2,1-3H3. The monoisotopic (exact) mass is 272 g/mol. The molecular formula is C15H32N2O2. The zero-order valence-corrected chi connectivity index (χ0v) is 13.0. The summed E-state index contributed by atoms with van der Waals surface area (Å²) in [6.45, 7) is 11.4. The first kappa shape index (κ1) is 16.9. The zero-order valence-electron chi connectivity index (χ0n) is 13.0. The predicted molar refractivity (Wildman–Crippen MR) is 79.5 cm³/mol. The van der Waals surface area contributed by atoms with Crippen LogP contribution in [0.4, 0.5) is 0 Å². The van der Waals surface area contributed by atoms with Gasteiger partial charge >= 0.3 is 0 Å². The third-order valence-electron chi connectivity index (χ3n) is 4.28. The second kappa shape index (κ2) is 8.90. The Balaban J connectivity index is 2.46. The van der Waals surface area contributed by atoms with Crippen LogP contribution < -0.4 is 5.32 Å². The van der Waals surface area contributed by atoms with Crippen LogP contribution in [0.5, 0.6) is 0 Å². The molecule has 2 atom stereocenters. The fourth-order valence-corrected chi connectivity index (χ4v) is 3.08. The van der Waals surface area contributed by atoms with E-state index in [9.17, 15) is 5.11 Å². The van der Waals surface area contributed by atoms with Gasteiger partial charge in [-0.15, -0.1) is 0 Å². The summed E-state index contributed by atoms with van der Waals surface area (Å²) < 4.78 is 5.46. The number of hydrogen-bond acceptors (Lipinski definition) is 4. The fourth-order valence-electron chi connectivity index (χ4n) is 3.08. The molecule has 0 aromatic carbocycles. The minimum Gasteiger partial charge on any atom is -0.394 e. The van der Waals surface area contributed by atoms with Gasteiger partial charge in [0.05, 0.1) is 13.2 Å². The number of nitrogens with one attached hydrogen (secondary N) is 1. The van der Waals surface area contributed by atoms with Crippen LogP contribution >= 0.6 is 0 Å². The van der Waals surface area contributed by atoms with Gasteiger partial charge in [0.1, 0.15) is 0 Å². The first-order valence-corrected chi connectivity index (χ1v) is 7.89. The first-order valence-electron chi connectivity index (χ1n) is 7.89. The average Bonchev–Trinajstić information content (AvgIpc) is 2.86. The highest BCUT2D eigenvalue weighted by atomic mass is 16.5. The van der Waals surface area contributed by atoms with Crippen LogP contribution in [0.25, 0.3) is 0 Å². The van der Waals surface area contributed by atoms with Crippen molar-refractivity contribution in [2.45, 2.75) is 58.0 Å². The number of hydrogen-bond donors (Lipinski definition) is 2. The van der Waals surface area contributed by atoms with Crippen molar-refractivity contribution in [3.63, 3.8) is 0 Å². The molecule has 1 aliphatic carbocycles. The van der Waals surface area contributed by atoms with Crippen LogP contribution in [-0.2, 0) is 4.74 Å². The third-order valence-corrected chi connectivity index (χ3v) is 4.28. The Morgan fingerprint density at radius 1 is 1.37 bits per heavy atom. The zero-order chi connectivity index (χ0) is 14.1. The van der Waals surface area contributed by atoms with Crippen molar-refractivity contribution in [1.82, 2.24) is 10.2 Å². The molecule has 0 spiro atoms. The molecule has 2 unspecified atom stereocenters. The van der Waals surface area contributed by atoms with Crippen molar-refractivity contribution in [2.24, 2.45) is 0 Å². The number of rotatable bonds is 10. The Morgan fingerprint density at radius 2 is 2.16 bits per heavy atom. The summed E-state index contributed by atoms with van der Waals surface area (Å²) >= 11 is 0. The molecule has 1 saturated carbocycles. The van der Waals surface area contributed by atoms with E-state index in [1.54, 1.807) is 0 Å². The molecule has 2 N–H and O–H groups in total. The molecule has 1 aliphatic rings. The topological polar surface area (TPSA) is 44.7 Å². The van der Waals surface area contributed by atoms with Crippen molar-refractivity contribution in [2.75, 3.05) is 39.5 Å². The van der Waals surface area contributed by atoms with Crippen molar-refractivity contribution in [1.29, 1.82) is 0 Å². The van der Waals surface area contributed by atoms with Crippen LogP contribution in [0, 0.1) is 0 Å². The third kappa shape index (κ3) is 5.03. The van der Waals surface area contributed by atoms with Gasteiger partial charge in [-0.2, -0.15) is 0 Å². The Labute approximate surface area is 118 Å². The number of aliphatic hydroxyl groups excluding tert-OH is 1. The molecule has 0 aromatic rings. The van der Waals surface area contributed by atoms with E-state index in [2.05, 4.69) is 24.1 Å². The van der Waals surface area contributed by atoms with E-state index in [1.807, 2.05) is 6.92 Å². The quantitative estimate of drug-likeness (QED) is 0.593. The highest BCUT2D eigenvalue weighted by Crippen LogP contribution is 2.32. The highest BCUT2D eigenvalue weighted by molar-refractivity contribution is 4.99. The van der Waals surface area contributed by atoms with Crippen LogP contribution in [0.15, 0.2) is 0 Å². The van der Waals surface area contributed by atoms with Gasteiger partial charge in [-0.25, -0.2) is 0 Å². The van der Waals surface area contributed by atoms with Gasteiger partial charge in [0, 0.05) is 24.7 Å². The normalized spacial score (nSPS) is 27.3. The summed E-state index contributed by atoms with van der Waals surface area (Å²) in [4.78, 5) is 2.50. The van der Waals surface area contributed by atoms with Crippen molar-refractivity contribution in [3.8, 4) is 0 Å². The lowest BCUT2D eigenvalue weighted by atomic mass is 9.98. The SMILES string of the molecule is CCCNC1(CO)CCC(N(CC)CCOCC)C1. The van der Waals surface area contributed by atoms with Crippen molar-refractivity contribution in [3.05, 3.63) is 0 Å². The van der Waals surface area contributed by atoms with Gasteiger partial charge in [-0.1, -0.05) is 13.8 Å². The summed E-state index contributed by atoms with van der Waals surface area (Å²) in [5.41, 5.74) is -0.0420. The summed E-state index contributed by atoms with van der Waals surface area (Å²) in [7, 11) is 0. The molecule has 114 valence electrons. The largest absolute Gasteiger partial charge is 0.394 e. The lowest BCUT2D eigenvalue weighted by molar-refractivity contribution is 0.0915. The summed E-state index contributed by atoms with van der Waals surface area (Å²) in [6, 6.07) is 0.585. The maximum Gasteiger partial charge on any atom is 0.0613 e. The van der Waals surface area contributed by atoms with Gasteiger partial charge in [-0.3, -0.25) is 4.90 Å². The van der Waals surface area contributed by atoms with Gasteiger partial charge < -0.3 is 15.2 Å². The van der Waals surface area contributed by atoms with E-state index in [4.69, 9.17) is 4.74 Å². The molecule has 0 bridgehead atoms. The summed E-state index contributed by atoms with van der Waals surface area (Å²) in [6.07, 6.45) is 4.44. The van der Waals surface area contributed by atoms with E-state index in [-0.39, 0.29) is 12.1 Å². The Morgan fingerprint density at radius 3 is 2.74 bits per heavy atom. The number of likely N-dealkylation sites (N-methyl/N-ethyl adjacent to an activating group) is 1. The summed E-state index contributed by atoms with van der Waals surface area (Å²) in [5.74, 6) is 0. The predicted octanol–water partition coefficient (Wildman–Crippen LogP) is 1.63. The first-order chi connectivity index (χ1) is 9.21. The van der Waals surface area contributed by atoms with Gasteiger partial charge in [-0.05, 0) is 45.7 Å². The molecular weight excluding hydrogens is 240 g/mol. The van der Waals surface area contributed by atoms with E-state index < -0.39 is 0 Å². The number of aliphatic hydroxyl groups is 1. The van der Waals surface area contributed by atoms with Crippen LogP contribution in [0.1, 0.15) is 46.5 Å². The molecule has 0 heterocycles. The van der Waals surface area contributed by atoms with E-state index in [0.717, 1.165) is 52.1 Å². The van der Waals surface area contributed by atoms with Crippen LogP contribution in [-0.4, -0.2) is 61.0 Å². The van der Waals surface area contributed by atoms with Crippen LogP contribution in [0.2, 0.25) is 0 Å². The Kier molecular flexibility index (Phi) is 7.91. The van der Waals surface area contributed by atoms with E-state index in [0.29, 0.717) is 6.04 Å². The molecule has 0 radical (unpaired) electrons. The summed E-state index contributed by atoms with van der Waals surface area (Å²) in [5, 5.41) is 13.3. The van der Waals surface area contributed by atoms with Crippen LogP contribution in [0.3, 0.4) is 0 Å². The van der Waals surface area contributed by atoms with E-state index >= 15 is 0 Å². The molecule has 0 aliphatic heterocycles. The maximum absolute atomic E-state index is 9.72. The molecule has 1 fully saturated rings.